The molecule has 0 aromatic heterocycles. The van der Waals surface area contributed by atoms with Crippen molar-refractivity contribution in [1.82, 2.24) is 0 Å². The van der Waals surface area contributed by atoms with Crippen molar-refractivity contribution in [2.24, 2.45) is 11.8 Å². The van der Waals surface area contributed by atoms with Gasteiger partial charge in [0.05, 0.1) is 16.9 Å². The van der Waals surface area contributed by atoms with Gasteiger partial charge in [0.1, 0.15) is 5.82 Å². The average molecular weight is 280 g/mol. The van der Waals surface area contributed by atoms with E-state index in [4.69, 9.17) is 10.8 Å². The lowest BCUT2D eigenvalue weighted by Crippen LogP contribution is -2.30. The Labute approximate surface area is 118 Å². The van der Waals surface area contributed by atoms with E-state index in [1.54, 1.807) is 0 Å². The van der Waals surface area contributed by atoms with Gasteiger partial charge < -0.3 is 16.2 Å². The fraction of sp³-hybridized carbons (Fsp3) is 0.533. The summed E-state index contributed by atoms with van der Waals surface area (Å²) in [5.74, 6) is -0.812. The minimum Gasteiger partial charge on any atom is -0.478 e. The molecule has 1 fully saturated rings. The Morgan fingerprint density at radius 1 is 1.30 bits per heavy atom. The Balaban J connectivity index is 2.17. The zero-order chi connectivity index (χ0) is 14.9. The van der Waals surface area contributed by atoms with Crippen LogP contribution >= 0.6 is 0 Å². The van der Waals surface area contributed by atoms with Crippen LogP contribution in [-0.2, 0) is 0 Å². The molecule has 4 N–H and O–H groups in total. The number of carboxylic acid groups (broad SMARTS) is 1. The summed E-state index contributed by atoms with van der Waals surface area (Å²) in [6.07, 6.45) is 3.25. The second-order valence-electron chi connectivity index (χ2n) is 5.98. The highest BCUT2D eigenvalue weighted by Crippen LogP contribution is 2.32. The smallest absolute Gasteiger partial charge is 0.338 e. The Kier molecular flexibility index (Phi) is 4.16. The summed E-state index contributed by atoms with van der Waals surface area (Å²) in [4.78, 5) is 10.8. The highest BCUT2D eigenvalue weighted by molar-refractivity contribution is 5.90. The maximum absolute atomic E-state index is 13.7. The van der Waals surface area contributed by atoms with Gasteiger partial charge in [0.2, 0.25) is 0 Å². The summed E-state index contributed by atoms with van der Waals surface area (Å²) in [6, 6.07) is 2.62. The third kappa shape index (κ3) is 3.21. The number of nitrogens with two attached hydrogens (primary N) is 1. The van der Waals surface area contributed by atoms with E-state index in [0.29, 0.717) is 17.5 Å². The molecule has 20 heavy (non-hydrogen) atoms. The topological polar surface area (TPSA) is 75.3 Å². The molecule has 0 saturated heterocycles. The van der Waals surface area contributed by atoms with E-state index in [9.17, 15) is 9.18 Å². The molecule has 0 spiro atoms. The largest absolute Gasteiger partial charge is 0.478 e. The number of hydrogen-bond acceptors (Lipinski definition) is 3. The van der Waals surface area contributed by atoms with Gasteiger partial charge in [-0.3, -0.25) is 0 Å². The predicted molar refractivity (Wildman–Crippen MR) is 77.4 cm³/mol. The Bertz CT molecular complexity index is 509. The van der Waals surface area contributed by atoms with E-state index in [0.717, 1.165) is 12.8 Å². The van der Waals surface area contributed by atoms with Crippen LogP contribution in [0.1, 0.15) is 43.5 Å². The minimum atomic E-state index is -1.30. The van der Waals surface area contributed by atoms with Crippen LogP contribution in [0.25, 0.3) is 0 Å². The van der Waals surface area contributed by atoms with Gasteiger partial charge in [0.25, 0.3) is 0 Å². The molecule has 5 heteroatoms. The van der Waals surface area contributed by atoms with Gasteiger partial charge in [0.15, 0.2) is 0 Å². The van der Waals surface area contributed by atoms with Crippen molar-refractivity contribution < 1.29 is 14.3 Å². The van der Waals surface area contributed by atoms with Crippen LogP contribution in [0.4, 0.5) is 15.8 Å². The van der Waals surface area contributed by atoms with Crippen LogP contribution in [0.15, 0.2) is 12.1 Å². The van der Waals surface area contributed by atoms with Crippen LogP contribution in [0.2, 0.25) is 0 Å². The third-order valence-corrected chi connectivity index (χ3v) is 3.91. The highest BCUT2D eigenvalue weighted by atomic mass is 19.1. The average Bonchev–Trinajstić information content (AvgIpc) is 2.31. The fourth-order valence-corrected chi connectivity index (χ4v) is 3.16. The molecule has 110 valence electrons. The standard InChI is InChI=1S/C15H21FN2O2/c1-8-3-9(2)5-10(4-8)18-14-7-12(16)11(15(19)20)6-13(14)17/h6-10,18H,3-5,17H2,1-2H3,(H,19,20). The van der Waals surface area contributed by atoms with E-state index >= 15 is 0 Å². The zero-order valence-corrected chi connectivity index (χ0v) is 11.8. The summed E-state index contributed by atoms with van der Waals surface area (Å²) in [7, 11) is 0. The SMILES string of the molecule is CC1CC(C)CC(Nc2cc(F)c(C(=O)O)cc2N)C1. The predicted octanol–water partition coefficient (Wildman–Crippen LogP) is 3.34. The summed E-state index contributed by atoms with van der Waals surface area (Å²) >= 11 is 0. The van der Waals surface area contributed by atoms with Gasteiger partial charge in [-0.1, -0.05) is 13.8 Å². The number of halogens is 1. The molecule has 1 aromatic rings. The van der Waals surface area contributed by atoms with Gasteiger partial charge in [-0.15, -0.1) is 0 Å². The maximum Gasteiger partial charge on any atom is 0.338 e. The molecule has 2 unspecified atom stereocenters. The number of rotatable bonds is 3. The molecule has 0 aliphatic heterocycles. The van der Waals surface area contributed by atoms with Crippen LogP contribution in [0, 0.1) is 17.7 Å². The molecule has 1 aromatic carbocycles. The molecule has 1 saturated carbocycles. The summed E-state index contributed by atoms with van der Waals surface area (Å²) in [6.45, 7) is 4.42. The first-order valence-corrected chi connectivity index (χ1v) is 6.95. The number of benzene rings is 1. The van der Waals surface area contributed by atoms with Crippen LogP contribution in [0.5, 0.6) is 0 Å². The number of carbonyl (C=O) groups is 1. The lowest BCUT2D eigenvalue weighted by molar-refractivity contribution is 0.0692. The molecule has 0 amide bonds. The monoisotopic (exact) mass is 280 g/mol. The summed E-state index contributed by atoms with van der Waals surface area (Å²) < 4.78 is 13.7. The quantitative estimate of drug-likeness (QED) is 0.742. The molecule has 4 nitrogen and oxygen atoms in total. The summed E-state index contributed by atoms with van der Waals surface area (Å²) in [5, 5.41) is 12.1. The first kappa shape index (κ1) is 14.6. The second-order valence-corrected chi connectivity index (χ2v) is 5.98. The maximum atomic E-state index is 13.7. The number of nitrogens with one attached hydrogen (secondary N) is 1. The van der Waals surface area contributed by atoms with Gasteiger partial charge in [-0.05, 0) is 43.2 Å². The normalized spacial score (nSPS) is 26.2. The van der Waals surface area contributed by atoms with E-state index in [1.165, 1.54) is 18.6 Å². The molecule has 0 bridgehead atoms. The second kappa shape index (κ2) is 5.69. The summed E-state index contributed by atoms with van der Waals surface area (Å²) in [5.41, 5.74) is 6.19. The molecular weight excluding hydrogens is 259 g/mol. The first-order chi connectivity index (χ1) is 9.36. The Morgan fingerprint density at radius 2 is 1.90 bits per heavy atom. The lowest BCUT2D eigenvalue weighted by atomic mass is 9.80. The van der Waals surface area contributed by atoms with Crippen molar-refractivity contribution in [2.75, 3.05) is 11.1 Å². The molecule has 0 heterocycles. The van der Waals surface area contributed by atoms with Gasteiger partial charge >= 0.3 is 5.97 Å². The molecule has 0 radical (unpaired) electrons. The molecule has 1 aliphatic carbocycles. The highest BCUT2D eigenvalue weighted by Gasteiger charge is 2.24. The van der Waals surface area contributed by atoms with Gasteiger partial charge in [-0.2, -0.15) is 0 Å². The molecular formula is C15H21FN2O2. The van der Waals surface area contributed by atoms with Crippen molar-refractivity contribution >= 4 is 17.3 Å². The molecule has 2 atom stereocenters. The Morgan fingerprint density at radius 3 is 2.45 bits per heavy atom. The van der Waals surface area contributed by atoms with Crippen LogP contribution in [0.3, 0.4) is 0 Å². The van der Waals surface area contributed by atoms with E-state index in [1.807, 2.05) is 0 Å². The van der Waals surface area contributed by atoms with E-state index < -0.39 is 17.3 Å². The Hall–Kier alpha value is -1.78. The number of aromatic carboxylic acids is 1. The minimum absolute atomic E-state index is 0.256. The van der Waals surface area contributed by atoms with Crippen molar-refractivity contribution in [3.63, 3.8) is 0 Å². The number of carboxylic acids is 1. The lowest BCUT2D eigenvalue weighted by Gasteiger charge is -2.33. The van der Waals surface area contributed by atoms with Crippen molar-refractivity contribution in [3.8, 4) is 0 Å². The fourth-order valence-electron chi connectivity index (χ4n) is 3.16. The molecule has 1 aliphatic rings. The first-order valence-electron chi connectivity index (χ1n) is 6.95. The number of hydrogen-bond donors (Lipinski definition) is 3. The third-order valence-electron chi connectivity index (χ3n) is 3.91. The van der Waals surface area contributed by atoms with Gasteiger partial charge in [-0.25, -0.2) is 9.18 Å². The zero-order valence-electron chi connectivity index (χ0n) is 11.8. The van der Waals surface area contributed by atoms with Crippen LogP contribution < -0.4 is 11.1 Å². The molecule has 2 rings (SSSR count). The van der Waals surface area contributed by atoms with Crippen molar-refractivity contribution in [3.05, 3.63) is 23.5 Å². The van der Waals surface area contributed by atoms with E-state index in [-0.39, 0.29) is 11.7 Å². The van der Waals surface area contributed by atoms with E-state index in [2.05, 4.69) is 19.2 Å². The van der Waals surface area contributed by atoms with Crippen LogP contribution in [-0.4, -0.2) is 17.1 Å². The van der Waals surface area contributed by atoms with Crippen molar-refractivity contribution in [2.45, 2.75) is 39.2 Å². The number of nitrogen functional groups attached to an aromatic ring is 1. The van der Waals surface area contributed by atoms with Crippen molar-refractivity contribution in [1.29, 1.82) is 0 Å². The number of anilines is 2. The van der Waals surface area contributed by atoms with Gasteiger partial charge in [0, 0.05) is 6.04 Å².